The van der Waals surface area contributed by atoms with Crippen LogP contribution in [0.4, 0.5) is 0 Å². The van der Waals surface area contributed by atoms with Crippen molar-refractivity contribution in [1.29, 1.82) is 0 Å². The topological polar surface area (TPSA) is 46.4 Å². The zero-order valence-corrected chi connectivity index (χ0v) is 17.2. The van der Waals surface area contributed by atoms with E-state index in [4.69, 9.17) is 4.74 Å². The molecule has 0 aliphatic carbocycles. The average molecular weight is 406 g/mol. The minimum atomic E-state index is -3.60. The van der Waals surface area contributed by atoms with E-state index in [0.717, 1.165) is 22.4 Å². The van der Waals surface area contributed by atoms with Gasteiger partial charge in [-0.25, -0.2) is 8.42 Å². The second-order valence-electron chi connectivity index (χ2n) is 7.13. The Labute approximate surface area is 172 Å². The van der Waals surface area contributed by atoms with Crippen LogP contribution in [0.25, 0.3) is 6.08 Å². The van der Waals surface area contributed by atoms with Gasteiger partial charge in [-0.1, -0.05) is 72.3 Å². The van der Waals surface area contributed by atoms with Crippen molar-refractivity contribution in [1.82, 2.24) is 4.31 Å². The molecule has 1 fully saturated rings. The van der Waals surface area contributed by atoms with Crippen molar-refractivity contribution in [2.24, 2.45) is 0 Å². The lowest BCUT2D eigenvalue weighted by Crippen LogP contribution is -2.14. The lowest BCUT2D eigenvalue weighted by Gasteiger charge is -2.07. The highest BCUT2D eigenvalue weighted by atomic mass is 32.2. The lowest BCUT2D eigenvalue weighted by molar-refractivity contribution is 0.414. The van der Waals surface area contributed by atoms with Gasteiger partial charge in [-0.3, -0.25) is 0 Å². The predicted molar refractivity (Wildman–Crippen MR) is 115 cm³/mol. The van der Waals surface area contributed by atoms with E-state index < -0.39 is 10.0 Å². The van der Waals surface area contributed by atoms with Crippen LogP contribution in [0.15, 0.2) is 89.8 Å². The maximum atomic E-state index is 13.3. The molecule has 1 aliphatic rings. The predicted octanol–water partition coefficient (Wildman–Crippen LogP) is 4.83. The van der Waals surface area contributed by atoms with Gasteiger partial charge in [0.1, 0.15) is 5.75 Å². The quantitative estimate of drug-likeness (QED) is 0.552. The molecule has 3 atom stereocenters. The van der Waals surface area contributed by atoms with Gasteiger partial charge >= 0.3 is 0 Å². The van der Waals surface area contributed by atoms with Crippen molar-refractivity contribution in [3.63, 3.8) is 0 Å². The Morgan fingerprint density at radius 2 is 1.55 bits per heavy atom. The Kier molecular flexibility index (Phi) is 5.26. The van der Waals surface area contributed by atoms with Crippen LogP contribution in [-0.4, -0.2) is 25.9 Å². The summed E-state index contributed by atoms with van der Waals surface area (Å²) < 4.78 is 33.4. The summed E-state index contributed by atoms with van der Waals surface area (Å²) in [7, 11) is -1.98. The van der Waals surface area contributed by atoms with Gasteiger partial charge < -0.3 is 4.74 Å². The summed E-state index contributed by atoms with van der Waals surface area (Å²) in [6.07, 6.45) is 3.95. The maximum absolute atomic E-state index is 13.3. The zero-order valence-electron chi connectivity index (χ0n) is 16.4. The van der Waals surface area contributed by atoms with E-state index in [1.54, 1.807) is 23.5 Å². The summed E-state index contributed by atoms with van der Waals surface area (Å²) in [6.45, 7) is 1.94. The zero-order chi connectivity index (χ0) is 20.4. The molecule has 0 radical (unpaired) electrons. The number of rotatable bonds is 6. The van der Waals surface area contributed by atoms with Crippen LogP contribution < -0.4 is 4.74 Å². The van der Waals surface area contributed by atoms with E-state index in [1.807, 2.05) is 85.8 Å². The average Bonchev–Trinajstić information content (AvgIpc) is 3.49. The number of hydrogen-bond donors (Lipinski definition) is 0. The summed E-state index contributed by atoms with van der Waals surface area (Å²) in [5.74, 6) is 0.749. The van der Waals surface area contributed by atoms with E-state index in [1.165, 1.54) is 0 Å². The van der Waals surface area contributed by atoms with E-state index in [2.05, 4.69) is 0 Å². The Balaban J connectivity index is 1.68. The first-order valence-electron chi connectivity index (χ1n) is 9.48. The molecule has 5 heteroatoms. The summed E-state index contributed by atoms with van der Waals surface area (Å²) in [5.41, 5.74) is 3.02. The molecule has 0 aromatic heterocycles. The molecular formula is C24H23NO3S. The van der Waals surface area contributed by atoms with Crippen LogP contribution in [0.3, 0.4) is 0 Å². The molecule has 2 unspecified atom stereocenters. The number of benzene rings is 3. The molecule has 0 saturated carbocycles. The molecule has 148 valence electrons. The third kappa shape index (κ3) is 3.97. The first-order chi connectivity index (χ1) is 14.0. The van der Waals surface area contributed by atoms with E-state index in [-0.39, 0.29) is 12.1 Å². The van der Waals surface area contributed by atoms with Crippen LogP contribution in [0.2, 0.25) is 0 Å². The molecule has 1 aliphatic heterocycles. The fraction of sp³-hybridized carbons (Fsp3) is 0.167. The second-order valence-corrected chi connectivity index (χ2v) is 8.97. The van der Waals surface area contributed by atoms with Gasteiger partial charge in [0.25, 0.3) is 0 Å². The standard InChI is InChI=1S/C24H23NO3S/c1-18-8-15-22(16-9-18)29(26,27)25-23(17-10-19-6-4-3-5-7-19)24(25)20-11-13-21(28-2)14-12-20/h3-17,23-24H,1-2H3/b17-10+/t23?,24-,25?/m1/s1. The van der Waals surface area contributed by atoms with Crippen molar-refractivity contribution in [3.05, 3.63) is 102 Å². The molecule has 0 N–H and O–H groups in total. The van der Waals surface area contributed by atoms with Gasteiger partial charge in [-0.15, -0.1) is 0 Å². The van der Waals surface area contributed by atoms with Crippen molar-refractivity contribution >= 4 is 16.1 Å². The molecule has 1 saturated heterocycles. The molecule has 1 heterocycles. The second kappa shape index (κ2) is 7.85. The van der Waals surface area contributed by atoms with Crippen LogP contribution in [0.1, 0.15) is 22.7 Å². The minimum Gasteiger partial charge on any atom is -0.497 e. The first-order valence-corrected chi connectivity index (χ1v) is 10.9. The van der Waals surface area contributed by atoms with Gasteiger partial charge in [0.2, 0.25) is 10.0 Å². The number of aryl methyl sites for hydroxylation is 1. The fourth-order valence-electron chi connectivity index (χ4n) is 3.48. The SMILES string of the molecule is COc1ccc([C@@H]2C(/C=C/c3ccccc3)N2S(=O)(=O)c2ccc(C)cc2)cc1. The lowest BCUT2D eigenvalue weighted by atomic mass is 10.1. The highest BCUT2D eigenvalue weighted by Gasteiger charge is 2.54. The molecule has 3 aromatic rings. The highest BCUT2D eigenvalue weighted by Crippen LogP contribution is 2.48. The number of sulfonamides is 1. The maximum Gasteiger partial charge on any atom is 0.244 e. The van der Waals surface area contributed by atoms with Crippen LogP contribution in [0.5, 0.6) is 5.75 Å². The van der Waals surface area contributed by atoms with Crippen LogP contribution in [-0.2, 0) is 10.0 Å². The summed E-state index contributed by atoms with van der Waals surface area (Å²) in [6, 6.07) is 24.0. The van der Waals surface area contributed by atoms with Gasteiger partial charge in [0.05, 0.1) is 24.1 Å². The van der Waals surface area contributed by atoms with Gasteiger partial charge in [0.15, 0.2) is 0 Å². The van der Waals surface area contributed by atoms with Crippen molar-refractivity contribution in [2.45, 2.75) is 23.9 Å². The summed E-state index contributed by atoms with van der Waals surface area (Å²) in [4.78, 5) is 0.317. The smallest absolute Gasteiger partial charge is 0.244 e. The fourth-order valence-corrected chi connectivity index (χ4v) is 5.20. The normalized spacial score (nSPS) is 21.2. The number of ether oxygens (including phenoxy) is 1. The van der Waals surface area contributed by atoms with Crippen LogP contribution in [0, 0.1) is 6.92 Å². The minimum absolute atomic E-state index is 0.227. The monoisotopic (exact) mass is 405 g/mol. The largest absolute Gasteiger partial charge is 0.497 e. The molecule has 4 nitrogen and oxygen atoms in total. The van der Waals surface area contributed by atoms with Crippen molar-refractivity contribution < 1.29 is 13.2 Å². The van der Waals surface area contributed by atoms with Gasteiger partial charge in [-0.05, 0) is 42.3 Å². The molecule has 0 amide bonds. The Hall–Kier alpha value is -2.89. The molecule has 29 heavy (non-hydrogen) atoms. The Bertz CT molecular complexity index is 1110. The number of methoxy groups -OCH3 is 1. The molecule has 4 rings (SSSR count). The van der Waals surface area contributed by atoms with Gasteiger partial charge in [0, 0.05) is 0 Å². The van der Waals surface area contributed by atoms with Gasteiger partial charge in [-0.2, -0.15) is 4.31 Å². The molecular weight excluding hydrogens is 382 g/mol. The van der Waals surface area contributed by atoms with Crippen LogP contribution >= 0.6 is 0 Å². The third-order valence-corrected chi connectivity index (χ3v) is 7.03. The molecule has 0 spiro atoms. The third-order valence-electron chi connectivity index (χ3n) is 5.14. The van der Waals surface area contributed by atoms with Crippen molar-refractivity contribution in [2.75, 3.05) is 7.11 Å². The van der Waals surface area contributed by atoms with E-state index >= 15 is 0 Å². The first kappa shape index (κ1) is 19.4. The van der Waals surface area contributed by atoms with E-state index in [0.29, 0.717) is 4.90 Å². The number of hydrogen-bond acceptors (Lipinski definition) is 3. The summed E-state index contributed by atoms with van der Waals surface area (Å²) >= 11 is 0. The molecule has 3 aromatic carbocycles. The number of nitrogens with zero attached hydrogens (tertiary/aromatic N) is 1. The highest BCUT2D eigenvalue weighted by molar-refractivity contribution is 7.89. The van der Waals surface area contributed by atoms with Crippen molar-refractivity contribution in [3.8, 4) is 5.75 Å². The Morgan fingerprint density at radius 3 is 2.17 bits per heavy atom. The summed E-state index contributed by atoms with van der Waals surface area (Å²) in [5, 5.41) is 0. The Morgan fingerprint density at radius 1 is 0.897 bits per heavy atom. The van der Waals surface area contributed by atoms with E-state index in [9.17, 15) is 8.42 Å². The molecule has 0 bridgehead atoms.